The first kappa shape index (κ1) is 17.5. The van der Waals surface area contributed by atoms with Crippen molar-refractivity contribution < 1.29 is 9.50 Å². The minimum absolute atomic E-state index is 0.127. The van der Waals surface area contributed by atoms with E-state index in [1.54, 1.807) is 24.3 Å². The second-order valence-corrected chi connectivity index (χ2v) is 7.51. The molecule has 0 unspecified atom stereocenters. The molecule has 0 saturated heterocycles. The largest absolute Gasteiger partial charge is 0.506 e. The Kier molecular flexibility index (Phi) is 5.30. The Hall–Kier alpha value is -1.34. The first-order chi connectivity index (χ1) is 11.5. The quantitative estimate of drug-likeness (QED) is 0.278. The van der Waals surface area contributed by atoms with E-state index in [0.29, 0.717) is 9.13 Å². The molecule has 0 bridgehead atoms. The van der Waals surface area contributed by atoms with Crippen molar-refractivity contribution in [2.24, 2.45) is 5.10 Å². The lowest BCUT2D eigenvalue weighted by atomic mass is 10.2. The summed E-state index contributed by atoms with van der Waals surface area (Å²) >= 11 is 9.36. The van der Waals surface area contributed by atoms with Gasteiger partial charge in [-0.05, 0) is 81.7 Å². The predicted octanol–water partition coefficient (Wildman–Crippen LogP) is 4.54. The van der Waals surface area contributed by atoms with E-state index in [1.807, 2.05) is 28.7 Å². The number of phenols is 1. The Morgan fingerprint density at radius 3 is 2.79 bits per heavy atom. The first-order valence-corrected chi connectivity index (χ1v) is 9.18. The lowest BCUT2D eigenvalue weighted by Gasteiger charge is -2.04. The molecule has 0 atom stereocenters. The topological polar surface area (TPSA) is 66.2 Å². The summed E-state index contributed by atoms with van der Waals surface area (Å²) in [5.74, 6) is -0.0361. The van der Waals surface area contributed by atoms with Crippen LogP contribution in [0.25, 0.3) is 11.4 Å². The molecule has 3 rings (SSSR count). The van der Waals surface area contributed by atoms with Gasteiger partial charge in [-0.1, -0.05) is 12.1 Å². The molecular formula is C15H9FI2N4OS. The molecule has 0 aliphatic carbocycles. The molecule has 3 aromatic rings. The van der Waals surface area contributed by atoms with Crippen LogP contribution in [0.1, 0.15) is 5.56 Å². The van der Waals surface area contributed by atoms with Gasteiger partial charge in [0.2, 0.25) is 4.77 Å². The Morgan fingerprint density at radius 2 is 2.04 bits per heavy atom. The SMILES string of the molecule is Oc1c(I)cc(I)cc1/C=N\n1c(-c2ccccc2F)n[nH]c1=S. The highest BCUT2D eigenvalue weighted by Crippen LogP contribution is 2.26. The summed E-state index contributed by atoms with van der Waals surface area (Å²) in [6.07, 6.45) is 1.47. The molecule has 0 fully saturated rings. The summed E-state index contributed by atoms with van der Waals surface area (Å²) in [7, 11) is 0. The molecule has 0 aliphatic rings. The van der Waals surface area contributed by atoms with Gasteiger partial charge in [0, 0.05) is 9.13 Å². The fraction of sp³-hybridized carbons (Fsp3) is 0. The minimum atomic E-state index is -0.422. The molecular weight excluding hydrogens is 557 g/mol. The zero-order chi connectivity index (χ0) is 17.3. The fourth-order valence-electron chi connectivity index (χ4n) is 2.02. The number of phenolic OH excluding ortho intramolecular Hbond substituents is 1. The minimum Gasteiger partial charge on any atom is -0.506 e. The second-order valence-electron chi connectivity index (χ2n) is 4.71. The van der Waals surface area contributed by atoms with Crippen LogP contribution in [0, 0.1) is 17.7 Å². The standard InChI is InChI=1S/C15H9FI2N4OS/c16-11-4-2-1-3-10(11)14-20-21-15(24)22(14)19-7-8-5-9(17)6-12(18)13(8)23/h1-7,23H,(H,21,24)/b19-7-. The van der Waals surface area contributed by atoms with Crippen LogP contribution >= 0.6 is 57.4 Å². The molecule has 2 aromatic carbocycles. The van der Waals surface area contributed by atoms with Crippen LogP contribution in [0.4, 0.5) is 4.39 Å². The summed E-state index contributed by atoms with van der Waals surface area (Å²) in [6.45, 7) is 0. The maximum Gasteiger partial charge on any atom is 0.216 e. The molecule has 0 aliphatic heterocycles. The van der Waals surface area contributed by atoms with Crippen LogP contribution in [-0.4, -0.2) is 26.2 Å². The van der Waals surface area contributed by atoms with Crippen LogP contribution in [0.5, 0.6) is 5.75 Å². The van der Waals surface area contributed by atoms with Gasteiger partial charge in [-0.3, -0.25) is 0 Å². The Labute approximate surface area is 168 Å². The van der Waals surface area contributed by atoms with Gasteiger partial charge in [-0.2, -0.15) is 14.9 Å². The van der Waals surface area contributed by atoms with Crippen LogP contribution in [-0.2, 0) is 0 Å². The van der Waals surface area contributed by atoms with Crippen molar-refractivity contribution in [1.82, 2.24) is 14.9 Å². The number of nitrogens with one attached hydrogen (secondary N) is 1. The van der Waals surface area contributed by atoms with E-state index in [9.17, 15) is 9.50 Å². The van der Waals surface area contributed by atoms with Crippen molar-refractivity contribution in [3.63, 3.8) is 0 Å². The molecule has 122 valence electrons. The van der Waals surface area contributed by atoms with Crippen LogP contribution in [0.2, 0.25) is 0 Å². The summed E-state index contributed by atoms with van der Waals surface area (Å²) in [5, 5.41) is 21.0. The van der Waals surface area contributed by atoms with Crippen LogP contribution < -0.4 is 0 Å². The zero-order valence-electron chi connectivity index (χ0n) is 11.9. The summed E-state index contributed by atoms with van der Waals surface area (Å²) in [5.41, 5.74) is 0.817. The highest BCUT2D eigenvalue weighted by molar-refractivity contribution is 14.1. The molecule has 24 heavy (non-hydrogen) atoms. The monoisotopic (exact) mass is 566 g/mol. The fourth-order valence-corrected chi connectivity index (χ4v) is 4.09. The number of halogens is 3. The zero-order valence-corrected chi connectivity index (χ0v) is 17.0. The van der Waals surface area contributed by atoms with Crippen LogP contribution in [0.3, 0.4) is 0 Å². The number of hydrogen-bond acceptors (Lipinski definition) is 4. The van der Waals surface area contributed by atoms with E-state index in [4.69, 9.17) is 12.2 Å². The third kappa shape index (κ3) is 3.52. The molecule has 9 heteroatoms. The Morgan fingerprint density at radius 1 is 1.29 bits per heavy atom. The number of nitrogens with zero attached hydrogens (tertiary/aromatic N) is 3. The van der Waals surface area contributed by atoms with Gasteiger partial charge < -0.3 is 5.11 Å². The molecule has 1 heterocycles. The summed E-state index contributed by atoms with van der Waals surface area (Å²) in [6, 6.07) is 9.88. The van der Waals surface area contributed by atoms with Gasteiger partial charge in [0.05, 0.1) is 15.3 Å². The lowest BCUT2D eigenvalue weighted by Crippen LogP contribution is -1.97. The number of aromatic nitrogens is 3. The van der Waals surface area contributed by atoms with E-state index < -0.39 is 5.82 Å². The van der Waals surface area contributed by atoms with Crippen molar-refractivity contribution in [1.29, 1.82) is 0 Å². The Balaban J connectivity index is 2.08. The number of aromatic amines is 1. The Bertz CT molecular complexity index is 999. The molecule has 2 N–H and O–H groups in total. The van der Waals surface area contributed by atoms with Crippen molar-refractivity contribution in [2.45, 2.75) is 0 Å². The third-order valence-electron chi connectivity index (χ3n) is 3.14. The number of aromatic hydroxyl groups is 1. The van der Waals surface area contributed by atoms with E-state index in [2.05, 4.69) is 37.9 Å². The van der Waals surface area contributed by atoms with Crippen LogP contribution in [0.15, 0.2) is 41.5 Å². The van der Waals surface area contributed by atoms with Gasteiger partial charge in [-0.15, -0.1) is 0 Å². The smallest absolute Gasteiger partial charge is 0.216 e. The summed E-state index contributed by atoms with van der Waals surface area (Å²) < 4.78 is 17.2. The van der Waals surface area contributed by atoms with Crippen molar-refractivity contribution in [2.75, 3.05) is 0 Å². The van der Waals surface area contributed by atoms with Gasteiger partial charge in [-0.25, -0.2) is 9.49 Å². The first-order valence-electron chi connectivity index (χ1n) is 6.62. The highest BCUT2D eigenvalue weighted by atomic mass is 127. The van der Waals surface area contributed by atoms with Crippen molar-refractivity contribution >= 4 is 63.6 Å². The number of benzene rings is 2. The highest BCUT2D eigenvalue weighted by Gasteiger charge is 2.12. The third-order valence-corrected chi connectivity index (χ3v) is 4.84. The van der Waals surface area contributed by atoms with Gasteiger partial charge in [0.1, 0.15) is 11.6 Å². The normalized spacial score (nSPS) is 11.3. The molecule has 0 radical (unpaired) electrons. The van der Waals surface area contributed by atoms with Crippen molar-refractivity contribution in [3.05, 3.63) is 59.7 Å². The number of rotatable bonds is 3. The van der Waals surface area contributed by atoms with Crippen molar-refractivity contribution in [3.8, 4) is 17.1 Å². The lowest BCUT2D eigenvalue weighted by molar-refractivity contribution is 0.470. The molecule has 0 spiro atoms. The maximum atomic E-state index is 14.0. The predicted molar refractivity (Wildman–Crippen MR) is 109 cm³/mol. The molecule has 5 nitrogen and oxygen atoms in total. The summed E-state index contributed by atoms with van der Waals surface area (Å²) in [4.78, 5) is 0. The molecule has 1 aromatic heterocycles. The number of hydrogen-bond donors (Lipinski definition) is 2. The van der Waals surface area contributed by atoms with Gasteiger partial charge in [0.25, 0.3) is 0 Å². The van der Waals surface area contributed by atoms with E-state index in [-0.39, 0.29) is 21.9 Å². The molecule has 0 saturated carbocycles. The van der Waals surface area contributed by atoms with Gasteiger partial charge >= 0.3 is 0 Å². The van der Waals surface area contributed by atoms with E-state index in [1.165, 1.54) is 17.0 Å². The molecule has 0 amide bonds. The van der Waals surface area contributed by atoms with E-state index >= 15 is 0 Å². The second kappa shape index (κ2) is 7.27. The average molecular weight is 566 g/mol. The number of H-pyrrole nitrogens is 1. The van der Waals surface area contributed by atoms with Gasteiger partial charge in [0.15, 0.2) is 5.82 Å². The van der Waals surface area contributed by atoms with E-state index in [0.717, 1.165) is 3.57 Å². The average Bonchev–Trinajstić information content (AvgIpc) is 2.90. The maximum absolute atomic E-state index is 14.0.